The Kier molecular flexibility index (Phi) is 3.36. The number of nitrogens with zero attached hydrogens (tertiary/aromatic N) is 3. The molecular formula is C20H15N3O4. The van der Waals surface area contributed by atoms with Crippen LogP contribution in [0.15, 0.2) is 41.2 Å². The van der Waals surface area contributed by atoms with Crippen molar-refractivity contribution in [2.45, 2.75) is 19.4 Å². The van der Waals surface area contributed by atoms with Crippen LogP contribution in [0.5, 0.6) is 5.75 Å². The van der Waals surface area contributed by atoms with Gasteiger partial charge in [0.05, 0.1) is 22.4 Å². The van der Waals surface area contributed by atoms with Crippen molar-refractivity contribution in [3.05, 3.63) is 73.8 Å². The zero-order chi connectivity index (χ0) is 18.5. The van der Waals surface area contributed by atoms with Crippen molar-refractivity contribution in [1.82, 2.24) is 9.55 Å². The van der Waals surface area contributed by atoms with E-state index in [1.54, 1.807) is 10.6 Å². The largest absolute Gasteiger partial charge is 0.493 e. The quantitative estimate of drug-likeness (QED) is 0.517. The molecule has 134 valence electrons. The van der Waals surface area contributed by atoms with Crippen molar-refractivity contribution in [3.8, 4) is 5.75 Å². The van der Waals surface area contributed by atoms with Gasteiger partial charge in [0.2, 0.25) is 0 Å². The van der Waals surface area contributed by atoms with E-state index in [0.29, 0.717) is 30.9 Å². The highest BCUT2D eigenvalue weighted by Crippen LogP contribution is 2.31. The van der Waals surface area contributed by atoms with Crippen LogP contribution in [-0.4, -0.2) is 21.1 Å². The lowest BCUT2D eigenvalue weighted by Gasteiger charge is -2.06. The van der Waals surface area contributed by atoms with Gasteiger partial charge < -0.3 is 4.74 Å². The van der Waals surface area contributed by atoms with E-state index in [2.05, 4.69) is 17.1 Å². The van der Waals surface area contributed by atoms with Crippen molar-refractivity contribution >= 4 is 28.2 Å². The number of benzene rings is 2. The second-order valence-corrected chi connectivity index (χ2v) is 6.74. The summed E-state index contributed by atoms with van der Waals surface area (Å²) < 4.78 is 7.15. The van der Waals surface area contributed by atoms with Gasteiger partial charge in [0.1, 0.15) is 11.6 Å². The molecule has 0 fully saturated rings. The molecule has 5 rings (SSSR count). The maximum Gasteiger partial charge on any atom is 0.270 e. The molecule has 0 radical (unpaired) electrons. The number of aromatic nitrogens is 2. The smallest absolute Gasteiger partial charge is 0.270 e. The van der Waals surface area contributed by atoms with Gasteiger partial charge in [-0.3, -0.25) is 19.5 Å². The van der Waals surface area contributed by atoms with E-state index in [4.69, 9.17) is 4.74 Å². The van der Waals surface area contributed by atoms with E-state index in [-0.39, 0.29) is 16.6 Å². The number of ether oxygens (including phenoxy) is 1. The Balaban J connectivity index is 1.62. The SMILES string of the molecule is O=c1c2cc([N+](=O)[O-])ccc2nc2n1CC/C2=C\c1ccc2c(c1)CCO2. The lowest BCUT2D eigenvalue weighted by atomic mass is 10.1. The molecule has 2 aromatic carbocycles. The molecule has 27 heavy (non-hydrogen) atoms. The number of nitro groups is 1. The van der Waals surface area contributed by atoms with Crippen LogP contribution >= 0.6 is 0 Å². The van der Waals surface area contributed by atoms with E-state index in [1.165, 1.54) is 17.7 Å². The van der Waals surface area contributed by atoms with Crippen LogP contribution < -0.4 is 10.3 Å². The topological polar surface area (TPSA) is 87.3 Å². The molecule has 0 atom stereocenters. The molecule has 3 aromatic rings. The predicted octanol–water partition coefficient (Wildman–Crippen LogP) is 3.18. The van der Waals surface area contributed by atoms with Gasteiger partial charge in [-0.15, -0.1) is 0 Å². The number of allylic oxidation sites excluding steroid dienone is 1. The van der Waals surface area contributed by atoms with Gasteiger partial charge in [0.25, 0.3) is 11.2 Å². The Hall–Kier alpha value is -3.48. The molecule has 0 unspecified atom stereocenters. The maximum atomic E-state index is 12.8. The fourth-order valence-electron chi connectivity index (χ4n) is 3.75. The Morgan fingerprint density at radius 1 is 1.19 bits per heavy atom. The van der Waals surface area contributed by atoms with Crippen LogP contribution in [0, 0.1) is 10.1 Å². The van der Waals surface area contributed by atoms with Crippen LogP contribution in [0.1, 0.15) is 23.4 Å². The minimum absolute atomic E-state index is 0.101. The lowest BCUT2D eigenvalue weighted by Crippen LogP contribution is -2.20. The summed E-state index contributed by atoms with van der Waals surface area (Å²) in [4.78, 5) is 27.9. The number of fused-ring (bicyclic) bond motifs is 3. The first-order valence-corrected chi connectivity index (χ1v) is 8.76. The molecule has 0 amide bonds. The molecule has 2 aliphatic rings. The van der Waals surface area contributed by atoms with Crippen LogP contribution in [-0.2, 0) is 13.0 Å². The number of hydrogen-bond donors (Lipinski definition) is 0. The Morgan fingerprint density at radius 3 is 2.93 bits per heavy atom. The maximum absolute atomic E-state index is 12.8. The molecule has 1 aromatic heterocycles. The van der Waals surface area contributed by atoms with Gasteiger partial charge in [-0.05, 0) is 47.4 Å². The molecule has 0 saturated carbocycles. The van der Waals surface area contributed by atoms with Crippen molar-refractivity contribution in [2.24, 2.45) is 0 Å². The molecule has 0 aliphatic carbocycles. The van der Waals surface area contributed by atoms with E-state index in [0.717, 1.165) is 23.3 Å². The van der Waals surface area contributed by atoms with Crippen LogP contribution in [0.25, 0.3) is 22.6 Å². The summed E-state index contributed by atoms with van der Waals surface area (Å²) in [6, 6.07) is 10.3. The summed E-state index contributed by atoms with van der Waals surface area (Å²) >= 11 is 0. The van der Waals surface area contributed by atoms with Gasteiger partial charge in [0.15, 0.2) is 0 Å². The van der Waals surface area contributed by atoms with Crippen LogP contribution in [0.2, 0.25) is 0 Å². The zero-order valence-corrected chi connectivity index (χ0v) is 14.3. The zero-order valence-electron chi connectivity index (χ0n) is 14.3. The first-order valence-electron chi connectivity index (χ1n) is 8.76. The van der Waals surface area contributed by atoms with Gasteiger partial charge in [0, 0.05) is 25.1 Å². The summed E-state index contributed by atoms with van der Waals surface area (Å²) in [5, 5.41) is 11.3. The van der Waals surface area contributed by atoms with Crippen molar-refractivity contribution in [1.29, 1.82) is 0 Å². The molecule has 3 heterocycles. The van der Waals surface area contributed by atoms with E-state index in [9.17, 15) is 14.9 Å². The Morgan fingerprint density at radius 2 is 2.07 bits per heavy atom. The molecule has 7 nitrogen and oxygen atoms in total. The highest BCUT2D eigenvalue weighted by atomic mass is 16.6. The van der Waals surface area contributed by atoms with Crippen molar-refractivity contribution < 1.29 is 9.66 Å². The summed E-state index contributed by atoms with van der Waals surface area (Å²) in [6.07, 6.45) is 3.67. The standard InChI is InChI=1S/C20H15N3O4/c24-20-16-11-15(23(25)26)2-3-17(16)21-19-14(5-7-22(19)20)10-12-1-4-18-13(9-12)6-8-27-18/h1-4,9-11H,5-8H2/b14-10+. The highest BCUT2D eigenvalue weighted by molar-refractivity contribution is 5.85. The van der Waals surface area contributed by atoms with E-state index < -0.39 is 4.92 Å². The fraction of sp³-hybridized carbons (Fsp3) is 0.200. The Labute approximate surface area is 153 Å². The average molecular weight is 361 g/mol. The second kappa shape index (κ2) is 5.77. The normalized spacial score (nSPS) is 16.4. The molecule has 7 heteroatoms. The van der Waals surface area contributed by atoms with Gasteiger partial charge >= 0.3 is 0 Å². The average Bonchev–Trinajstić information content (AvgIpc) is 3.28. The first-order chi connectivity index (χ1) is 13.1. The van der Waals surface area contributed by atoms with Crippen molar-refractivity contribution in [3.63, 3.8) is 0 Å². The van der Waals surface area contributed by atoms with Crippen LogP contribution in [0.4, 0.5) is 5.69 Å². The van der Waals surface area contributed by atoms with Crippen LogP contribution in [0.3, 0.4) is 0 Å². The minimum atomic E-state index is -0.500. The Bertz CT molecular complexity index is 1210. The molecule has 0 spiro atoms. The number of rotatable bonds is 2. The van der Waals surface area contributed by atoms with Crippen molar-refractivity contribution in [2.75, 3.05) is 6.61 Å². The molecule has 0 N–H and O–H groups in total. The van der Waals surface area contributed by atoms with Gasteiger partial charge in [-0.25, -0.2) is 4.98 Å². The summed E-state index contributed by atoms with van der Waals surface area (Å²) in [6.45, 7) is 1.24. The molecule has 0 bridgehead atoms. The third kappa shape index (κ3) is 2.51. The summed E-state index contributed by atoms with van der Waals surface area (Å²) in [5.41, 5.74) is 3.39. The van der Waals surface area contributed by atoms with E-state index in [1.807, 2.05) is 12.1 Å². The number of non-ortho nitro benzene ring substituents is 1. The highest BCUT2D eigenvalue weighted by Gasteiger charge is 2.22. The van der Waals surface area contributed by atoms with Gasteiger partial charge in [-0.2, -0.15) is 0 Å². The second-order valence-electron chi connectivity index (χ2n) is 6.74. The molecular weight excluding hydrogens is 346 g/mol. The molecule has 0 saturated heterocycles. The predicted molar refractivity (Wildman–Crippen MR) is 101 cm³/mol. The summed E-state index contributed by atoms with van der Waals surface area (Å²) in [5.74, 6) is 1.57. The third-order valence-corrected chi connectivity index (χ3v) is 5.09. The number of nitro benzene ring substituents is 1. The van der Waals surface area contributed by atoms with Gasteiger partial charge in [-0.1, -0.05) is 6.07 Å². The third-order valence-electron chi connectivity index (χ3n) is 5.09. The monoisotopic (exact) mass is 361 g/mol. The fourth-order valence-corrected chi connectivity index (χ4v) is 3.75. The molecule has 2 aliphatic heterocycles. The first kappa shape index (κ1) is 15.7. The summed E-state index contributed by atoms with van der Waals surface area (Å²) in [7, 11) is 0. The minimum Gasteiger partial charge on any atom is -0.493 e. The number of hydrogen-bond acceptors (Lipinski definition) is 5. The van der Waals surface area contributed by atoms with E-state index >= 15 is 0 Å². The lowest BCUT2D eigenvalue weighted by molar-refractivity contribution is -0.384.